The molecule has 1 aromatic carbocycles. The third kappa shape index (κ3) is 3.90. The predicted molar refractivity (Wildman–Crippen MR) is 90.6 cm³/mol. The lowest BCUT2D eigenvalue weighted by Gasteiger charge is -2.26. The Morgan fingerprint density at radius 2 is 1.96 bits per heavy atom. The van der Waals surface area contributed by atoms with Crippen LogP contribution in [0.1, 0.15) is 0 Å². The molecule has 1 fully saturated rings. The van der Waals surface area contributed by atoms with E-state index in [1.54, 1.807) is 6.20 Å². The van der Waals surface area contributed by atoms with Crippen molar-refractivity contribution < 1.29 is 4.74 Å². The number of hydrogen-bond acceptors (Lipinski definition) is 5. The molecule has 1 saturated heterocycles. The molecular weight excluding hydrogens is 316 g/mol. The van der Waals surface area contributed by atoms with E-state index in [1.807, 2.05) is 30.3 Å². The number of hydrogen-bond donors (Lipinski definition) is 1. The van der Waals surface area contributed by atoms with Crippen LogP contribution in [0.4, 0.5) is 5.69 Å². The van der Waals surface area contributed by atoms with Crippen LogP contribution in [0.5, 0.6) is 0 Å². The highest BCUT2D eigenvalue weighted by Gasteiger charge is 2.12. The molecule has 122 valence electrons. The lowest BCUT2D eigenvalue weighted by molar-refractivity contribution is 0.0398. The summed E-state index contributed by atoms with van der Waals surface area (Å²) in [7, 11) is 0. The average Bonchev–Trinajstić information content (AvgIpc) is 2.60. The largest absolute Gasteiger partial charge is 0.381 e. The van der Waals surface area contributed by atoms with E-state index in [0.29, 0.717) is 17.9 Å². The third-order valence-corrected chi connectivity index (χ3v) is 4.13. The molecular formula is C16H19ClN4O2. The van der Waals surface area contributed by atoms with Crippen LogP contribution in [-0.2, 0) is 4.74 Å². The van der Waals surface area contributed by atoms with Crippen LogP contribution in [0.2, 0.25) is 5.02 Å². The maximum Gasteiger partial charge on any atom is 0.292 e. The fourth-order valence-corrected chi connectivity index (χ4v) is 2.68. The molecule has 23 heavy (non-hydrogen) atoms. The quantitative estimate of drug-likeness (QED) is 0.900. The predicted octanol–water partition coefficient (Wildman–Crippen LogP) is 1.63. The van der Waals surface area contributed by atoms with Crippen LogP contribution in [0.25, 0.3) is 5.69 Å². The molecule has 0 saturated carbocycles. The van der Waals surface area contributed by atoms with E-state index in [4.69, 9.17) is 16.3 Å². The van der Waals surface area contributed by atoms with Gasteiger partial charge in [0.25, 0.3) is 5.56 Å². The van der Waals surface area contributed by atoms with Crippen LogP contribution in [0.3, 0.4) is 0 Å². The number of nitrogens with zero attached hydrogens (tertiary/aromatic N) is 3. The Morgan fingerprint density at radius 3 is 2.70 bits per heavy atom. The molecule has 2 heterocycles. The fourth-order valence-electron chi connectivity index (χ4n) is 2.48. The standard InChI is InChI=1S/C16H19ClN4O2/c17-15-14(18-6-7-20-8-10-23-11-9-20)12-19-21(16(15)22)13-4-2-1-3-5-13/h1-5,12,18H,6-11H2. The summed E-state index contributed by atoms with van der Waals surface area (Å²) in [5, 5.41) is 7.55. The summed E-state index contributed by atoms with van der Waals surface area (Å²) >= 11 is 6.20. The van der Waals surface area contributed by atoms with E-state index in [-0.39, 0.29) is 10.6 Å². The number of aromatic nitrogens is 2. The first-order chi connectivity index (χ1) is 11.3. The number of morpholine rings is 1. The van der Waals surface area contributed by atoms with Gasteiger partial charge in [-0.3, -0.25) is 9.69 Å². The maximum absolute atomic E-state index is 12.4. The van der Waals surface area contributed by atoms with Crippen LogP contribution in [0, 0.1) is 0 Å². The summed E-state index contributed by atoms with van der Waals surface area (Å²) in [5.74, 6) is 0. The van der Waals surface area contributed by atoms with E-state index in [1.165, 1.54) is 4.68 Å². The molecule has 0 aliphatic carbocycles. The first kappa shape index (κ1) is 16.0. The molecule has 1 aromatic heterocycles. The molecule has 1 aliphatic heterocycles. The lowest BCUT2D eigenvalue weighted by atomic mass is 10.3. The van der Waals surface area contributed by atoms with Crippen LogP contribution < -0.4 is 10.9 Å². The SMILES string of the molecule is O=c1c(Cl)c(NCCN2CCOCC2)cnn1-c1ccccc1. The zero-order valence-corrected chi connectivity index (χ0v) is 13.5. The second kappa shape index (κ2) is 7.59. The zero-order chi connectivity index (χ0) is 16.1. The molecule has 7 heteroatoms. The van der Waals surface area contributed by atoms with Gasteiger partial charge in [-0.2, -0.15) is 9.78 Å². The van der Waals surface area contributed by atoms with Gasteiger partial charge < -0.3 is 10.1 Å². The van der Waals surface area contributed by atoms with Gasteiger partial charge in [0.1, 0.15) is 5.02 Å². The summed E-state index contributed by atoms with van der Waals surface area (Å²) in [6.45, 7) is 5.00. The molecule has 0 atom stereocenters. The number of nitrogens with one attached hydrogen (secondary N) is 1. The Labute approximate surface area is 139 Å². The van der Waals surface area contributed by atoms with Crippen LogP contribution >= 0.6 is 11.6 Å². The van der Waals surface area contributed by atoms with Gasteiger partial charge in [0, 0.05) is 26.2 Å². The molecule has 2 aromatic rings. The zero-order valence-electron chi connectivity index (χ0n) is 12.7. The Hall–Kier alpha value is -1.89. The number of benzene rings is 1. The van der Waals surface area contributed by atoms with Gasteiger partial charge in [-0.05, 0) is 12.1 Å². The van der Waals surface area contributed by atoms with Gasteiger partial charge in [-0.1, -0.05) is 29.8 Å². The van der Waals surface area contributed by atoms with Crippen molar-refractivity contribution >= 4 is 17.3 Å². The van der Waals surface area contributed by atoms with Crippen LogP contribution in [0.15, 0.2) is 41.3 Å². The van der Waals surface area contributed by atoms with Gasteiger partial charge in [0.2, 0.25) is 0 Å². The summed E-state index contributed by atoms with van der Waals surface area (Å²) in [6.07, 6.45) is 1.59. The first-order valence-corrected chi connectivity index (χ1v) is 8.01. The van der Waals surface area contributed by atoms with Gasteiger partial charge in [-0.25, -0.2) is 0 Å². The van der Waals surface area contributed by atoms with Gasteiger partial charge in [0.15, 0.2) is 0 Å². The molecule has 0 spiro atoms. The van der Waals surface area contributed by atoms with E-state index < -0.39 is 0 Å². The van der Waals surface area contributed by atoms with Crippen molar-refractivity contribution in [1.82, 2.24) is 14.7 Å². The summed E-state index contributed by atoms with van der Waals surface area (Å²) < 4.78 is 6.62. The first-order valence-electron chi connectivity index (χ1n) is 7.63. The Morgan fingerprint density at radius 1 is 1.22 bits per heavy atom. The second-order valence-corrected chi connectivity index (χ2v) is 5.68. The minimum absolute atomic E-state index is 0.158. The van der Waals surface area contributed by atoms with Crippen molar-refractivity contribution in [1.29, 1.82) is 0 Å². The maximum atomic E-state index is 12.4. The second-order valence-electron chi connectivity index (χ2n) is 5.31. The number of anilines is 1. The van der Waals surface area contributed by atoms with Crippen LogP contribution in [-0.4, -0.2) is 54.1 Å². The van der Waals surface area contributed by atoms with E-state index in [0.717, 1.165) is 32.8 Å². The highest BCUT2D eigenvalue weighted by atomic mass is 35.5. The normalized spacial score (nSPS) is 15.5. The third-order valence-electron chi connectivity index (χ3n) is 3.77. The topological polar surface area (TPSA) is 59.4 Å². The summed E-state index contributed by atoms with van der Waals surface area (Å²) in [5.41, 5.74) is 0.936. The Kier molecular flexibility index (Phi) is 5.27. The molecule has 0 radical (unpaired) electrons. The highest BCUT2D eigenvalue weighted by molar-refractivity contribution is 6.32. The Balaban J connectivity index is 1.67. The van der Waals surface area contributed by atoms with Gasteiger partial charge in [0.05, 0.1) is 30.8 Å². The van der Waals surface area contributed by atoms with E-state index in [2.05, 4.69) is 15.3 Å². The molecule has 3 rings (SSSR count). The van der Waals surface area contributed by atoms with Crippen molar-refractivity contribution in [3.05, 3.63) is 51.9 Å². The highest BCUT2D eigenvalue weighted by Crippen LogP contribution is 2.16. The Bertz CT molecular complexity index is 699. The van der Waals surface area contributed by atoms with Crippen molar-refractivity contribution in [2.24, 2.45) is 0 Å². The minimum Gasteiger partial charge on any atom is -0.381 e. The van der Waals surface area contributed by atoms with Crippen molar-refractivity contribution in [2.75, 3.05) is 44.7 Å². The number of halogens is 1. The lowest BCUT2D eigenvalue weighted by Crippen LogP contribution is -2.39. The summed E-state index contributed by atoms with van der Waals surface area (Å²) in [6, 6.07) is 9.22. The monoisotopic (exact) mass is 334 g/mol. The molecule has 0 bridgehead atoms. The van der Waals surface area contributed by atoms with Gasteiger partial charge in [-0.15, -0.1) is 0 Å². The van der Waals surface area contributed by atoms with Crippen molar-refractivity contribution in [3.63, 3.8) is 0 Å². The van der Waals surface area contributed by atoms with Crippen molar-refractivity contribution in [3.8, 4) is 5.69 Å². The number of para-hydroxylation sites is 1. The smallest absolute Gasteiger partial charge is 0.292 e. The summed E-state index contributed by atoms with van der Waals surface area (Å²) in [4.78, 5) is 14.7. The number of ether oxygens (including phenoxy) is 1. The molecule has 0 unspecified atom stereocenters. The molecule has 0 amide bonds. The van der Waals surface area contributed by atoms with E-state index >= 15 is 0 Å². The minimum atomic E-state index is -0.325. The molecule has 1 N–H and O–H groups in total. The fraction of sp³-hybridized carbons (Fsp3) is 0.375. The van der Waals surface area contributed by atoms with Gasteiger partial charge >= 0.3 is 0 Å². The van der Waals surface area contributed by atoms with E-state index in [9.17, 15) is 4.79 Å². The molecule has 1 aliphatic rings. The average molecular weight is 335 g/mol. The number of rotatable bonds is 5. The van der Waals surface area contributed by atoms with Crippen molar-refractivity contribution in [2.45, 2.75) is 0 Å². The molecule has 6 nitrogen and oxygen atoms in total.